The van der Waals surface area contributed by atoms with Crippen molar-refractivity contribution in [2.45, 2.75) is 42.7 Å². The number of aryl methyl sites for hydroxylation is 1. The number of carboxylic acids is 1. The highest BCUT2D eigenvalue weighted by atomic mass is 35.5. The van der Waals surface area contributed by atoms with Gasteiger partial charge in [-0.1, -0.05) is 131 Å². The van der Waals surface area contributed by atoms with E-state index in [1.165, 1.54) is 83.5 Å². The van der Waals surface area contributed by atoms with Gasteiger partial charge in [-0.15, -0.1) is 0 Å². The van der Waals surface area contributed by atoms with Crippen LogP contribution in [0.1, 0.15) is 33.5 Å². The number of ether oxygens (including phenoxy) is 7. The Kier molecular flexibility index (Phi) is 19.8. The fourth-order valence-corrected chi connectivity index (χ4v) is 12.5. The number of hydrogen-bond donors (Lipinski definition) is 2. The Morgan fingerprint density at radius 1 is 0.667 bits per heavy atom. The molecule has 0 amide bonds. The predicted molar refractivity (Wildman–Crippen MR) is 350 cm³/mol. The summed E-state index contributed by atoms with van der Waals surface area (Å²) in [5.41, 5.74) is 4.31. The number of benzene rings is 8. The van der Waals surface area contributed by atoms with Crippen molar-refractivity contribution in [3.8, 4) is 74.0 Å². The van der Waals surface area contributed by atoms with Gasteiger partial charge in [0, 0.05) is 41.7 Å². The molecule has 0 fully saturated rings. The maximum absolute atomic E-state index is 14.7. The van der Waals surface area contributed by atoms with Crippen LogP contribution in [0.25, 0.3) is 39.2 Å². The smallest absolute Gasteiger partial charge is 0.345 e. The Morgan fingerprint density at radius 2 is 1.31 bits per heavy atom. The van der Waals surface area contributed by atoms with Crippen LogP contribution in [-0.2, 0) is 42.5 Å². The van der Waals surface area contributed by atoms with Gasteiger partial charge in [-0.05, 0) is 132 Å². The molecule has 0 spiro atoms. The molecule has 22 heteroatoms. The highest BCUT2D eigenvalue weighted by molar-refractivity contribution is 7.86. The lowest BCUT2D eigenvalue weighted by atomic mass is 9.80. The van der Waals surface area contributed by atoms with Gasteiger partial charge in [0.05, 0.1) is 54.1 Å². The normalized spacial score (nSPS) is 12.3. The van der Waals surface area contributed by atoms with Crippen LogP contribution < -0.4 is 28.4 Å². The molecule has 0 aliphatic carbocycles. The highest BCUT2D eigenvalue weighted by Crippen LogP contribution is 2.49. The molecule has 0 bridgehead atoms. The van der Waals surface area contributed by atoms with Gasteiger partial charge in [0.15, 0.2) is 11.6 Å². The van der Waals surface area contributed by atoms with E-state index in [9.17, 15) is 27.8 Å². The van der Waals surface area contributed by atoms with Crippen molar-refractivity contribution in [3.63, 3.8) is 0 Å². The first kappa shape index (κ1) is 64.8. The summed E-state index contributed by atoms with van der Waals surface area (Å²) < 4.78 is 93.3. The van der Waals surface area contributed by atoms with Crippen molar-refractivity contribution < 1.29 is 65.2 Å². The Morgan fingerprint density at radius 3 is 1.96 bits per heavy atom. The molecule has 0 aliphatic rings. The Bertz CT molecular complexity index is 4520. The Balaban J connectivity index is 0.966. The third-order valence-corrected chi connectivity index (χ3v) is 17.5. The number of phenols is 1. The minimum Gasteiger partial charge on any atom is -0.508 e. The van der Waals surface area contributed by atoms with Gasteiger partial charge in [0.1, 0.15) is 70.2 Å². The number of carboxylic acid groups (broad SMARTS) is 1. The molecule has 2 N–H and O–H groups in total. The average Bonchev–Trinajstić information content (AvgIpc) is 1.68. The predicted octanol–water partition coefficient (Wildman–Crippen LogP) is 15.1. The molecule has 17 nitrogen and oxygen atoms in total. The van der Waals surface area contributed by atoms with E-state index in [-0.39, 0.29) is 85.1 Å². The Hall–Kier alpha value is -9.73. The first-order chi connectivity index (χ1) is 45.0. The molecule has 1 unspecified atom stereocenters. The molecule has 0 saturated heterocycles. The van der Waals surface area contributed by atoms with Crippen molar-refractivity contribution in [2.75, 3.05) is 34.5 Å². The maximum atomic E-state index is 14.7. The first-order valence-corrected chi connectivity index (χ1v) is 31.4. The molecular formula is C71H58Cl3FN4O13S. The zero-order chi connectivity index (χ0) is 65.4. The van der Waals surface area contributed by atoms with E-state index in [0.29, 0.717) is 62.1 Å². The first-order valence-electron chi connectivity index (χ1n) is 28.8. The number of halogens is 4. The van der Waals surface area contributed by atoms with Crippen molar-refractivity contribution in [2.24, 2.45) is 0 Å². The Labute approximate surface area is 550 Å². The molecule has 8 aromatic carbocycles. The number of aromatic nitrogens is 4. The second kappa shape index (κ2) is 28.4. The van der Waals surface area contributed by atoms with Crippen LogP contribution >= 0.6 is 34.8 Å². The molecule has 3 aromatic heterocycles. The number of aromatic hydroxyl groups is 1. The SMILES string of the molecule is COc1ccc(C(OC[C@H](COS(=O)(=O)c2ccc(C)cc2)Oc2c(Cl)cc(-c3c(-c4ccc(F)cc4)c(Cl)n4ccnc(OC(Cc5cc(O)ccc5OCc5ccnc(-c6ccccc6OC)n5)C(=O)O)c34)cc2Cl)(c2ccccc2)c2ccc(OC)cc2)cc1. The molecular weight excluding hydrogens is 1270 g/mol. The van der Waals surface area contributed by atoms with Crippen molar-refractivity contribution in [1.29, 1.82) is 0 Å². The van der Waals surface area contributed by atoms with Gasteiger partial charge >= 0.3 is 5.97 Å². The number of rotatable bonds is 26. The molecule has 2 atom stereocenters. The van der Waals surface area contributed by atoms with Gasteiger partial charge in [-0.3, -0.25) is 4.18 Å². The fourth-order valence-electron chi connectivity index (χ4n) is 10.7. The monoisotopic (exact) mass is 1330 g/mol. The number of carbonyl (C=O) groups is 1. The van der Waals surface area contributed by atoms with Gasteiger partial charge in [-0.25, -0.2) is 24.1 Å². The van der Waals surface area contributed by atoms with Crippen LogP contribution in [0.4, 0.5) is 4.39 Å². The standard InChI is InChI=1S/C71H58Cl3FN4O13S/c1-43-14-29-56(30-15-43)93(83,84)90-42-55(41-89-71(47-10-6-5-7-11-47,48-18-25-53(85-2)26-19-48)49-20-27-54(86-3)28-21-49)91-66-58(72)37-46(38-59(66)73)63-64(44-16-22-50(75)23-17-44)67(74)79-35-34-77-69(65(63)79)92-62(70(81)82)39-45-36-52(80)24-31-60(45)88-40-51-32-33-76-68(78-51)57-12-8-9-13-61(57)87-4/h5-38,55,62,80H,39-42H2,1-4H3,(H,81,82)/t55-,62?/m1/s1. The third kappa shape index (κ3) is 14.2. The molecule has 11 aromatic rings. The van der Waals surface area contributed by atoms with E-state index in [2.05, 4.69) is 15.0 Å². The average molecular weight is 1330 g/mol. The van der Waals surface area contributed by atoms with Gasteiger partial charge < -0.3 is 47.8 Å². The van der Waals surface area contributed by atoms with Crippen LogP contribution in [0.2, 0.25) is 15.2 Å². The quantitative estimate of drug-likeness (QED) is 0.0382. The van der Waals surface area contributed by atoms with Crippen LogP contribution in [-0.4, -0.2) is 90.7 Å². The minimum atomic E-state index is -4.42. The molecule has 474 valence electrons. The number of para-hydroxylation sites is 1. The molecule has 11 rings (SSSR count). The van der Waals surface area contributed by atoms with Crippen LogP contribution in [0.3, 0.4) is 0 Å². The van der Waals surface area contributed by atoms with Gasteiger partial charge in [0.2, 0.25) is 12.0 Å². The number of methoxy groups -OCH3 is 3. The van der Waals surface area contributed by atoms with Crippen molar-refractivity contribution >= 4 is 56.4 Å². The summed E-state index contributed by atoms with van der Waals surface area (Å²) in [6, 6.07) is 52.1. The zero-order valence-corrected chi connectivity index (χ0v) is 53.3. The summed E-state index contributed by atoms with van der Waals surface area (Å²) in [6.45, 7) is 0.780. The van der Waals surface area contributed by atoms with E-state index < -0.39 is 46.3 Å². The summed E-state index contributed by atoms with van der Waals surface area (Å²) in [5, 5.41) is 21.6. The van der Waals surface area contributed by atoms with Gasteiger partial charge in [0.25, 0.3) is 10.1 Å². The van der Waals surface area contributed by atoms with E-state index in [4.69, 9.17) is 72.1 Å². The van der Waals surface area contributed by atoms with Crippen molar-refractivity contribution in [3.05, 3.63) is 261 Å². The van der Waals surface area contributed by atoms with Gasteiger partial charge in [-0.2, -0.15) is 8.42 Å². The summed E-state index contributed by atoms with van der Waals surface area (Å²) in [7, 11) is 0.259. The van der Waals surface area contributed by atoms with E-state index in [1.54, 1.807) is 76.1 Å². The molecule has 0 aliphatic heterocycles. The second-order valence-electron chi connectivity index (χ2n) is 21.2. The molecule has 0 saturated carbocycles. The number of hydrogen-bond acceptors (Lipinski definition) is 15. The maximum Gasteiger partial charge on any atom is 0.345 e. The zero-order valence-electron chi connectivity index (χ0n) is 50.2. The summed E-state index contributed by atoms with van der Waals surface area (Å²) in [6.07, 6.45) is 1.15. The van der Waals surface area contributed by atoms with E-state index >= 15 is 0 Å². The van der Waals surface area contributed by atoms with Crippen molar-refractivity contribution in [1.82, 2.24) is 19.4 Å². The molecule has 93 heavy (non-hydrogen) atoms. The summed E-state index contributed by atoms with van der Waals surface area (Å²) >= 11 is 22.0. The lowest BCUT2D eigenvalue weighted by molar-refractivity contribution is -0.145. The van der Waals surface area contributed by atoms with E-state index in [1.807, 2.05) is 79.7 Å². The molecule has 0 radical (unpaired) electrons. The number of nitrogens with zero attached hydrogens (tertiary/aromatic N) is 4. The fraction of sp³-hybridized carbons (Fsp3) is 0.155. The minimum absolute atomic E-state index is 0.0721. The largest absolute Gasteiger partial charge is 0.508 e. The van der Waals surface area contributed by atoms with E-state index in [0.717, 1.165) is 5.56 Å². The van der Waals surface area contributed by atoms with Crippen LogP contribution in [0.15, 0.2) is 212 Å². The summed E-state index contributed by atoms with van der Waals surface area (Å²) in [5.74, 6) is -0.0594. The summed E-state index contributed by atoms with van der Waals surface area (Å²) in [4.78, 5) is 27.0. The number of aliphatic carboxylic acids is 1. The lowest BCUT2D eigenvalue weighted by Crippen LogP contribution is -2.39. The topological polar surface area (TPSA) is 209 Å². The number of fused-ring (bicyclic) bond motifs is 1. The van der Waals surface area contributed by atoms with Crippen LogP contribution in [0.5, 0.6) is 40.4 Å². The third-order valence-electron chi connectivity index (χ3n) is 15.3. The second-order valence-corrected chi connectivity index (χ2v) is 24.0. The highest BCUT2D eigenvalue weighted by Gasteiger charge is 2.40. The van der Waals surface area contributed by atoms with Crippen LogP contribution in [0, 0.1) is 12.7 Å². The number of phenolic OH excluding ortho intramolecular Hbond substituents is 1. The molecule has 3 heterocycles. The lowest BCUT2D eigenvalue weighted by Gasteiger charge is -2.37.